The molecule has 2 N–H and O–H groups in total. The van der Waals surface area contributed by atoms with Crippen molar-refractivity contribution in [2.24, 2.45) is 4.99 Å². The normalized spacial score (nSPS) is 16.6. The summed E-state index contributed by atoms with van der Waals surface area (Å²) in [5.74, 6) is -0.849. The number of rotatable bonds is 8. The van der Waals surface area contributed by atoms with Crippen LogP contribution in [-0.2, 0) is 16.1 Å². The molecule has 3 aromatic rings. The first-order valence-corrected chi connectivity index (χ1v) is 12.1. The number of methoxy groups -OCH3 is 1. The van der Waals surface area contributed by atoms with Crippen molar-refractivity contribution in [2.75, 3.05) is 12.4 Å². The Hall–Kier alpha value is -3.63. The summed E-state index contributed by atoms with van der Waals surface area (Å²) in [5, 5.41) is 13.6. The zero-order chi connectivity index (χ0) is 24.1. The van der Waals surface area contributed by atoms with E-state index in [0.29, 0.717) is 28.8 Å². The van der Waals surface area contributed by atoms with Gasteiger partial charge in [-0.2, -0.15) is 0 Å². The van der Waals surface area contributed by atoms with Crippen LogP contribution in [0.2, 0.25) is 0 Å². The maximum absolute atomic E-state index is 13.2. The highest BCUT2D eigenvalue weighted by atomic mass is 32.2. The molecule has 2 amide bonds. The number of carboxylic acids is 1. The molecule has 0 saturated carbocycles. The van der Waals surface area contributed by atoms with E-state index in [1.54, 1.807) is 47.6 Å². The number of ether oxygens (including phenoxy) is 1. The maximum Gasteiger partial charge on any atom is 0.335 e. The number of hydrogen-bond acceptors (Lipinski definition) is 7. The molecule has 0 radical (unpaired) electrons. The largest absolute Gasteiger partial charge is 0.497 e. The van der Waals surface area contributed by atoms with Gasteiger partial charge in [-0.1, -0.05) is 17.8 Å². The first-order valence-electron chi connectivity index (χ1n) is 10.3. The zero-order valence-corrected chi connectivity index (χ0v) is 19.8. The Morgan fingerprint density at radius 2 is 1.85 bits per heavy atom. The molecule has 174 valence electrons. The quantitative estimate of drug-likeness (QED) is 0.472. The number of nitrogens with one attached hydrogen (secondary N) is 1. The molecule has 8 nitrogen and oxygen atoms in total. The predicted octanol–water partition coefficient (Wildman–Crippen LogP) is 4.62. The van der Waals surface area contributed by atoms with Gasteiger partial charge in [0.25, 0.3) is 0 Å². The minimum Gasteiger partial charge on any atom is -0.497 e. The molecule has 1 atom stereocenters. The number of benzene rings is 2. The molecule has 1 fully saturated rings. The second-order valence-corrected chi connectivity index (χ2v) is 9.54. The fourth-order valence-electron chi connectivity index (χ4n) is 3.27. The Morgan fingerprint density at radius 1 is 1.12 bits per heavy atom. The second kappa shape index (κ2) is 10.5. The summed E-state index contributed by atoms with van der Waals surface area (Å²) in [5.41, 5.74) is 1.27. The van der Waals surface area contributed by atoms with Gasteiger partial charge in [0.15, 0.2) is 5.17 Å². The van der Waals surface area contributed by atoms with Gasteiger partial charge in [-0.25, -0.2) is 9.79 Å². The number of thioether (sulfide) groups is 1. The summed E-state index contributed by atoms with van der Waals surface area (Å²) in [6, 6.07) is 16.9. The Morgan fingerprint density at radius 3 is 2.47 bits per heavy atom. The molecule has 10 heteroatoms. The van der Waals surface area contributed by atoms with Gasteiger partial charge in [0.2, 0.25) is 11.8 Å². The molecule has 1 aliphatic rings. The minimum atomic E-state index is -1.04. The van der Waals surface area contributed by atoms with Gasteiger partial charge in [-0.05, 0) is 60.0 Å². The average molecular weight is 496 g/mol. The van der Waals surface area contributed by atoms with Crippen LogP contribution in [0.15, 0.2) is 71.0 Å². The molecule has 34 heavy (non-hydrogen) atoms. The van der Waals surface area contributed by atoms with Gasteiger partial charge in [0.05, 0.1) is 24.9 Å². The summed E-state index contributed by atoms with van der Waals surface area (Å²) in [6.45, 7) is 0.382. The van der Waals surface area contributed by atoms with E-state index in [9.17, 15) is 14.4 Å². The van der Waals surface area contributed by atoms with Gasteiger partial charge >= 0.3 is 5.97 Å². The summed E-state index contributed by atoms with van der Waals surface area (Å²) in [4.78, 5) is 44.1. The Bertz CT molecular complexity index is 1210. The second-order valence-electron chi connectivity index (χ2n) is 7.34. The Balaban J connectivity index is 1.49. The number of aliphatic imine (C=N–C) groups is 1. The van der Waals surface area contributed by atoms with Gasteiger partial charge in [-0.3, -0.25) is 14.5 Å². The third kappa shape index (κ3) is 5.64. The molecular formula is C24H21N3O5S2. The van der Waals surface area contributed by atoms with E-state index in [1.165, 1.54) is 36.0 Å². The van der Waals surface area contributed by atoms with Gasteiger partial charge in [0, 0.05) is 17.0 Å². The van der Waals surface area contributed by atoms with E-state index < -0.39 is 11.2 Å². The number of carbonyl (C=O) groups excluding carboxylic acids is 2. The van der Waals surface area contributed by atoms with Crippen molar-refractivity contribution in [3.63, 3.8) is 0 Å². The average Bonchev–Trinajstić information content (AvgIpc) is 3.44. The van der Waals surface area contributed by atoms with E-state index in [0.717, 1.165) is 4.88 Å². The third-order valence-corrected chi connectivity index (χ3v) is 7.03. The van der Waals surface area contributed by atoms with Crippen molar-refractivity contribution in [1.29, 1.82) is 0 Å². The standard InChI is InChI=1S/C24H21N3O5S2/c1-32-18-10-8-17(9-11-18)26-24-27(14-19-3-2-12-33-19)22(29)20(34-24)13-21(28)25-16-6-4-15(5-7-16)23(30)31/h2-12,20H,13-14H2,1H3,(H,25,28)(H,30,31)/t20-/m0/s1. The molecule has 1 aromatic heterocycles. The minimum absolute atomic E-state index is 0.0350. The zero-order valence-electron chi connectivity index (χ0n) is 18.1. The topological polar surface area (TPSA) is 108 Å². The monoisotopic (exact) mass is 495 g/mol. The molecule has 0 unspecified atom stereocenters. The molecule has 1 saturated heterocycles. The van der Waals surface area contributed by atoms with E-state index in [1.807, 2.05) is 17.5 Å². The van der Waals surface area contributed by atoms with Crippen LogP contribution in [0.3, 0.4) is 0 Å². The maximum atomic E-state index is 13.2. The Labute approximate surface area is 204 Å². The van der Waals surface area contributed by atoms with Crippen LogP contribution in [-0.4, -0.2) is 45.3 Å². The smallest absolute Gasteiger partial charge is 0.335 e. The lowest BCUT2D eigenvalue weighted by Crippen LogP contribution is -2.32. The summed E-state index contributed by atoms with van der Waals surface area (Å²) >= 11 is 2.81. The van der Waals surface area contributed by atoms with Crippen LogP contribution < -0.4 is 10.1 Å². The molecule has 2 aromatic carbocycles. The SMILES string of the molecule is COc1ccc(N=C2S[C@@H](CC(=O)Nc3ccc(C(=O)O)cc3)C(=O)N2Cc2cccs2)cc1. The number of aromatic carboxylic acids is 1. The summed E-state index contributed by atoms with van der Waals surface area (Å²) in [7, 11) is 1.59. The summed E-state index contributed by atoms with van der Waals surface area (Å²) in [6.07, 6.45) is -0.0350. The van der Waals surface area contributed by atoms with Crippen molar-refractivity contribution in [3.8, 4) is 5.75 Å². The number of nitrogens with zero attached hydrogens (tertiary/aromatic N) is 2. The number of anilines is 1. The van der Waals surface area contributed by atoms with Crippen molar-refractivity contribution >= 4 is 57.4 Å². The fraction of sp³-hybridized carbons (Fsp3) is 0.167. The number of amides is 2. The number of carboxylic acid groups (broad SMARTS) is 1. The van der Waals surface area contributed by atoms with Gasteiger partial charge in [-0.15, -0.1) is 11.3 Å². The molecule has 4 rings (SSSR count). The first-order chi connectivity index (χ1) is 16.4. The van der Waals surface area contributed by atoms with E-state index >= 15 is 0 Å². The van der Waals surface area contributed by atoms with Crippen LogP contribution in [0.4, 0.5) is 11.4 Å². The number of thiophene rings is 1. The van der Waals surface area contributed by atoms with Crippen LogP contribution in [0.5, 0.6) is 5.75 Å². The fourth-order valence-corrected chi connectivity index (χ4v) is 5.12. The lowest BCUT2D eigenvalue weighted by atomic mass is 10.2. The highest BCUT2D eigenvalue weighted by Gasteiger charge is 2.39. The van der Waals surface area contributed by atoms with Crippen LogP contribution in [0, 0.1) is 0 Å². The molecule has 2 heterocycles. The Kier molecular flexibility index (Phi) is 7.29. The first kappa shape index (κ1) is 23.5. The van der Waals surface area contributed by atoms with Gasteiger partial charge < -0.3 is 15.2 Å². The van der Waals surface area contributed by atoms with Crippen molar-refractivity contribution in [2.45, 2.75) is 18.2 Å². The van der Waals surface area contributed by atoms with Crippen LogP contribution in [0.25, 0.3) is 0 Å². The summed E-state index contributed by atoms with van der Waals surface area (Å²) < 4.78 is 5.18. The van der Waals surface area contributed by atoms with Crippen LogP contribution in [0.1, 0.15) is 21.7 Å². The number of amidine groups is 1. The van der Waals surface area contributed by atoms with Crippen molar-refractivity contribution < 1.29 is 24.2 Å². The molecular weight excluding hydrogens is 474 g/mol. The highest BCUT2D eigenvalue weighted by molar-refractivity contribution is 8.15. The third-order valence-electron chi connectivity index (χ3n) is 5.00. The predicted molar refractivity (Wildman–Crippen MR) is 133 cm³/mol. The molecule has 0 spiro atoms. The van der Waals surface area contributed by atoms with Crippen molar-refractivity contribution in [1.82, 2.24) is 4.90 Å². The molecule has 1 aliphatic heterocycles. The molecule has 0 bridgehead atoms. The van der Waals surface area contributed by atoms with E-state index in [2.05, 4.69) is 10.3 Å². The lowest BCUT2D eigenvalue weighted by Gasteiger charge is -2.15. The van der Waals surface area contributed by atoms with E-state index in [4.69, 9.17) is 9.84 Å². The number of carbonyl (C=O) groups is 3. The van der Waals surface area contributed by atoms with E-state index in [-0.39, 0.29) is 23.8 Å². The van der Waals surface area contributed by atoms with Crippen LogP contribution >= 0.6 is 23.1 Å². The lowest BCUT2D eigenvalue weighted by molar-refractivity contribution is -0.128. The highest BCUT2D eigenvalue weighted by Crippen LogP contribution is 2.34. The van der Waals surface area contributed by atoms with Gasteiger partial charge in [0.1, 0.15) is 11.0 Å². The van der Waals surface area contributed by atoms with Crippen molar-refractivity contribution in [3.05, 3.63) is 76.5 Å². The molecule has 0 aliphatic carbocycles. The number of hydrogen-bond donors (Lipinski definition) is 2.